The van der Waals surface area contributed by atoms with Gasteiger partial charge in [-0.15, -0.1) is 11.3 Å². The third-order valence-electron chi connectivity index (χ3n) is 18.4. The van der Waals surface area contributed by atoms with Crippen molar-refractivity contribution in [1.82, 2.24) is 10.2 Å². The number of thiophene rings is 1. The van der Waals surface area contributed by atoms with Gasteiger partial charge in [0.05, 0.1) is 29.2 Å². The van der Waals surface area contributed by atoms with E-state index in [-0.39, 0.29) is 40.5 Å². The standard InChI is InChI=1S/C50H62N2O4S/c1-31(32-11-7-6-8-12-32)51-44(55)52(29-34-15-16-35-26-37(34)45(35,2)3)30-49(56)22-19-42-47(49,5)21-18-41-46(4)20-17-36(53)27-48(46)23-24-50(41,42)38(28-48)43(54)40-25-33-13-9-10-14-39(33)57-40/h6-14,23-25,28,31,34-37,41-42,53,56H,15-22,26-27,29-30H2,1-5H3,(H,51,55). The zero-order chi connectivity index (χ0) is 39.8. The Morgan fingerprint density at radius 1 is 0.895 bits per heavy atom. The number of carbonyl (C=O) groups excluding carboxylic acids is 2. The minimum absolute atomic E-state index is 0.0331. The second-order valence-corrected chi connectivity index (χ2v) is 22.0. The molecule has 0 radical (unpaired) electrons. The zero-order valence-electron chi connectivity index (χ0n) is 34.6. The minimum atomic E-state index is -1.12. The summed E-state index contributed by atoms with van der Waals surface area (Å²) in [6, 6.07) is 20.3. The second kappa shape index (κ2) is 12.9. The third-order valence-corrected chi connectivity index (χ3v) is 19.6. The average molecular weight is 787 g/mol. The molecule has 12 atom stereocenters. The molecule has 3 aromatic rings. The summed E-state index contributed by atoms with van der Waals surface area (Å²) in [7, 11) is 0. The molecule has 12 rings (SSSR count). The number of aliphatic hydroxyl groups excluding tert-OH is 1. The molecule has 3 N–H and O–H groups in total. The molecular formula is C50H62N2O4S. The van der Waals surface area contributed by atoms with Gasteiger partial charge in [0.15, 0.2) is 5.78 Å². The number of fused-ring (bicyclic) bond motifs is 4. The molecule has 9 aliphatic rings. The number of hydrogen-bond acceptors (Lipinski definition) is 5. The highest BCUT2D eigenvalue weighted by Gasteiger charge is 2.74. The van der Waals surface area contributed by atoms with Crippen LogP contribution in [0.25, 0.3) is 10.1 Å². The number of rotatable bonds is 8. The summed E-state index contributed by atoms with van der Waals surface area (Å²) in [6.07, 6.45) is 15.8. The molecule has 0 aliphatic heterocycles. The molecule has 6 nitrogen and oxygen atoms in total. The van der Waals surface area contributed by atoms with E-state index < -0.39 is 22.5 Å². The maximum atomic E-state index is 15.2. The average Bonchev–Trinajstić information content (AvgIpc) is 3.76. The molecule has 9 aliphatic carbocycles. The molecule has 2 amide bonds. The number of urea groups is 1. The van der Waals surface area contributed by atoms with Crippen LogP contribution in [0, 0.1) is 56.7 Å². The summed E-state index contributed by atoms with van der Waals surface area (Å²) in [5.74, 6) is 2.15. The third kappa shape index (κ3) is 5.26. The molecule has 4 bridgehead atoms. The minimum Gasteiger partial charge on any atom is -0.393 e. The smallest absolute Gasteiger partial charge is 0.317 e. The van der Waals surface area contributed by atoms with Crippen molar-refractivity contribution in [2.75, 3.05) is 13.1 Å². The van der Waals surface area contributed by atoms with E-state index in [1.54, 1.807) is 11.3 Å². The number of benzene rings is 2. The maximum Gasteiger partial charge on any atom is 0.317 e. The molecule has 7 heteroatoms. The van der Waals surface area contributed by atoms with E-state index in [0.717, 1.165) is 70.5 Å². The molecule has 0 saturated heterocycles. The maximum absolute atomic E-state index is 15.2. The number of aliphatic hydroxyl groups is 2. The van der Waals surface area contributed by atoms with E-state index in [4.69, 9.17) is 0 Å². The summed E-state index contributed by atoms with van der Waals surface area (Å²) in [6.45, 7) is 12.6. The van der Waals surface area contributed by atoms with E-state index in [2.05, 4.69) is 88.5 Å². The quantitative estimate of drug-likeness (QED) is 0.157. The lowest BCUT2D eigenvalue weighted by Gasteiger charge is -2.71. The molecule has 6 fully saturated rings. The van der Waals surface area contributed by atoms with Gasteiger partial charge in [-0.1, -0.05) is 94.5 Å². The highest BCUT2D eigenvalue weighted by atomic mass is 32.1. The van der Waals surface area contributed by atoms with Gasteiger partial charge in [0.2, 0.25) is 0 Å². The van der Waals surface area contributed by atoms with Gasteiger partial charge in [-0.3, -0.25) is 4.79 Å². The Hall–Kier alpha value is -3.26. The lowest BCUT2D eigenvalue weighted by molar-refractivity contribution is -0.176. The highest BCUT2D eigenvalue weighted by molar-refractivity contribution is 7.21. The number of amides is 2. The van der Waals surface area contributed by atoms with Crippen molar-refractivity contribution in [2.45, 2.75) is 117 Å². The number of nitrogens with one attached hydrogen (secondary N) is 1. The predicted octanol–water partition coefficient (Wildman–Crippen LogP) is 10.5. The van der Waals surface area contributed by atoms with Crippen LogP contribution in [0.2, 0.25) is 0 Å². The van der Waals surface area contributed by atoms with Crippen LogP contribution < -0.4 is 5.32 Å². The summed E-state index contributed by atoms with van der Waals surface area (Å²) >= 11 is 1.58. The zero-order valence-corrected chi connectivity index (χ0v) is 35.4. The summed E-state index contributed by atoms with van der Waals surface area (Å²) in [5.41, 5.74) is -0.394. The van der Waals surface area contributed by atoms with E-state index in [1.165, 1.54) is 12.8 Å². The summed E-state index contributed by atoms with van der Waals surface area (Å²) < 4.78 is 1.12. The topological polar surface area (TPSA) is 89.9 Å². The number of carbonyl (C=O) groups is 2. The van der Waals surface area contributed by atoms with Gasteiger partial charge in [0.1, 0.15) is 0 Å². The van der Waals surface area contributed by atoms with Gasteiger partial charge in [0, 0.05) is 33.1 Å². The van der Waals surface area contributed by atoms with Crippen molar-refractivity contribution in [3.63, 3.8) is 0 Å². The Kier molecular flexibility index (Phi) is 8.57. The van der Waals surface area contributed by atoms with Gasteiger partial charge in [-0.05, 0) is 135 Å². The molecule has 57 heavy (non-hydrogen) atoms. The van der Waals surface area contributed by atoms with Crippen LogP contribution in [-0.4, -0.2) is 51.7 Å². The van der Waals surface area contributed by atoms with Crippen LogP contribution in [0.3, 0.4) is 0 Å². The van der Waals surface area contributed by atoms with Crippen LogP contribution in [-0.2, 0) is 0 Å². The fraction of sp³-hybridized carbons (Fsp3) is 0.600. The van der Waals surface area contributed by atoms with Crippen LogP contribution in [0.4, 0.5) is 4.79 Å². The van der Waals surface area contributed by atoms with E-state index >= 15 is 4.79 Å². The number of hydrogen-bond donors (Lipinski definition) is 3. The summed E-state index contributed by atoms with van der Waals surface area (Å²) in [4.78, 5) is 32.7. The number of Topliss-reactive ketones (excluding diaryl/α,β-unsaturated/α-hetero) is 1. The lowest BCUT2D eigenvalue weighted by atomic mass is 9.32. The molecule has 6 saturated carbocycles. The van der Waals surface area contributed by atoms with Gasteiger partial charge in [0.25, 0.3) is 0 Å². The molecule has 2 aromatic carbocycles. The first kappa shape index (κ1) is 38.0. The van der Waals surface area contributed by atoms with Gasteiger partial charge >= 0.3 is 6.03 Å². The molecule has 302 valence electrons. The lowest BCUT2D eigenvalue weighted by Crippen LogP contribution is -2.67. The van der Waals surface area contributed by atoms with Crippen molar-refractivity contribution < 1.29 is 19.8 Å². The van der Waals surface area contributed by atoms with Crippen LogP contribution in [0.15, 0.2) is 84.5 Å². The molecule has 1 aromatic heterocycles. The molecular weight excluding hydrogens is 725 g/mol. The van der Waals surface area contributed by atoms with Crippen molar-refractivity contribution in [3.05, 3.63) is 94.9 Å². The predicted molar refractivity (Wildman–Crippen MR) is 228 cm³/mol. The molecule has 2 spiro atoms. The number of ketones is 1. The first-order valence-electron chi connectivity index (χ1n) is 22.1. The van der Waals surface area contributed by atoms with Gasteiger partial charge in [-0.2, -0.15) is 0 Å². The Labute approximate surface area is 343 Å². The monoisotopic (exact) mass is 786 g/mol. The molecule has 1 heterocycles. The van der Waals surface area contributed by atoms with Crippen molar-refractivity contribution in [2.24, 2.45) is 56.7 Å². The van der Waals surface area contributed by atoms with Crippen LogP contribution in [0.5, 0.6) is 0 Å². The first-order valence-corrected chi connectivity index (χ1v) is 22.9. The second-order valence-electron chi connectivity index (χ2n) is 20.9. The highest BCUT2D eigenvalue weighted by Crippen LogP contribution is 2.78. The normalized spacial score (nSPS) is 41.3. The largest absolute Gasteiger partial charge is 0.393 e. The van der Waals surface area contributed by atoms with Crippen LogP contribution in [0.1, 0.15) is 120 Å². The Bertz CT molecular complexity index is 2140. The van der Waals surface area contributed by atoms with E-state index in [9.17, 15) is 15.0 Å². The van der Waals surface area contributed by atoms with Crippen molar-refractivity contribution in [1.29, 1.82) is 0 Å². The van der Waals surface area contributed by atoms with Gasteiger partial charge in [-0.25, -0.2) is 4.79 Å². The van der Waals surface area contributed by atoms with Crippen LogP contribution >= 0.6 is 11.3 Å². The number of allylic oxidation sites excluding steroid dienone is 4. The van der Waals surface area contributed by atoms with E-state index in [1.807, 2.05) is 35.2 Å². The summed E-state index contributed by atoms with van der Waals surface area (Å²) in [5, 5.41) is 29.0. The van der Waals surface area contributed by atoms with Crippen molar-refractivity contribution in [3.8, 4) is 0 Å². The number of nitrogens with zero attached hydrogens (tertiary/aromatic N) is 1. The SMILES string of the molecule is CC(NC(=O)N(CC1CCC2CC1C2(C)C)CC1(O)CCC2C34C=CC5(C=C3C(=O)c3cc6ccccc6s3)CC(O)CCC5(C)C4CCC21C)c1ccccc1. The Morgan fingerprint density at radius 3 is 2.37 bits per heavy atom. The Morgan fingerprint density at radius 2 is 1.61 bits per heavy atom. The molecule has 12 unspecified atom stereocenters. The fourth-order valence-electron chi connectivity index (χ4n) is 14.9. The Balaban J connectivity index is 1.02. The van der Waals surface area contributed by atoms with E-state index in [0.29, 0.717) is 43.2 Å². The first-order chi connectivity index (χ1) is 27.1. The van der Waals surface area contributed by atoms with Gasteiger partial charge < -0.3 is 20.4 Å². The van der Waals surface area contributed by atoms with Crippen molar-refractivity contribution >= 4 is 33.2 Å². The fourth-order valence-corrected chi connectivity index (χ4v) is 15.9.